The van der Waals surface area contributed by atoms with E-state index in [-0.39, 0.29) is 0 Å². The lowest BCUT2D eigenvalue weighted by molar-refractivity contribution is -0.142. The van der Waals surface area contributed by atoms with Crippen LogP contribution in [0.15, 0.2) is 28.7 Å². The Balaban J connectivity index is 2.84. The van der Waals surface area contributed by atoms with Crippen LogP contribution in [-0.2, 0) is 9.53 Å². The highest BCUT2D eigenvalue weighted by atomic mass is 79.9. The SMILES string of the molecule is CC(C)(C)OC(=O)N[C@H](C(=O)O)[C@H](O)c1ccc(Br)cc1. The minimum absolute atomic E-state index is 0.377. The van der Waals surface area contributed by atoms with Crippen LogP contribution in [0.1, 0.15) is 32.4 Å². The molecule has 0 spiro atoms. The Kier molecular flexibility index (Phi) is 5.74. The summed E-state index contributed by atoms with van der Waals surface area (Å²) in [6.07, 6.45) is -2.28. The van der Waals surface area contributed by atoms with E-state index in [1.165, 1.54) is 0 Å². The van der Waals surface area contributed by atoms with E-state index in [0.29, 0.717) is 5.56 Å². The van der Waals surface area contributed by atoms with E-state index in [1.54, 1.807) is 45.0 Å². The van der Waals surface area contributed by atoms with Gasteiger partial charge in [-0.3, -0.25) is 0 Å². The molecule has 0 bridgehead atoms. The molecule has 7 heteroatoms. The average Bonchev–Trinajstić information content (AvgIpc) is 2.33. The molecule has 21 heavy (non-hydrogen) atoms. The number of benzene rings is 1. The predicted molar refractivity (Wildman–Crippen MR) is 79.9 cm³/mol. The normalized spacial score (nSPS) is 14.1. The maximum absolute atomic E-state index is 11.6. The molecule has 0 aliphatic rings. The molecular weight excluding hydrogens is 342 g/mol. The molecule has 1 aromatic carbocycles. The Morgan fingerprint density at radius 3 is 2.19 bits per heavy atom. The number of hydrogen-bond donors (Lipinski definition) is 3. The molecule has 0 aromatic heterocycles. The van der Waals surface area contributed by atoms with Crippen molar-refractivity contribution in [2.24, 2.45) is 0 Å². The quantitative estimate of drug-likeness (QED) is 0.767. The van der Waals surface area contributed by atoms with Gasteiger partial charge in [0, 0.05) is 4.47 Å². The van der Waals surface area contributed by atoms with E-state index in [2.05, 4.69) is 21.2 Å². The van der Waals surface area contributed by atoms with Crippen molar-refractivity contribution in [1.82, 2.24) is 5.32 Å². The number of nitrogens with one attached hydrogen (secondary N) is 1. The third kappa shape index (κ3) is 5.73. The van der Waals surface area contributed by atoms with Crippen LogP contribution in [-0.4, -0.2) is 33.9 Å². The number of aliphatic hydroxyl groups excluding tert-OH is 1. The van der Waals surface area contributed by atoms with Crippen molar-refractivity contribution >= 4 is 28.0 Å². The van der Waals surface area contributed by atoms with Crippen molar-refractivity contribution in [2.75, 3.05) is 0 Å². The molecule has 0 heterocycles. The molecule has 116 valence electrons. The lowest BCUT2D eigenvalue weighted by Gasteiger charge is -2.24. The maximum atomic E-state index is 11.6. The van der Waals surface area contributed by atoms with Gasteiger partial charge in [-0.1, -0.05) is 28.1 Å². The highest BCUT2D eigenvalue weighted by molar-refractivity contribution is 9.10. The number of hydrogen-bond acceptors (Lipinski definition) is 4. The zero-order chi connectivity index (χ0) is 16.2. The fraction of sp³-hybridized carbons (Fsp3) is 0.429. The van der Waals surface area contributed by atoms with Gasteiger partial charge in [0.05, 0.1) is 0 Å². The van der Waals surface area contributed by atoms with Crippen molar-refractivity contribution in [1.29, 1.82) is 0 Å². The van der Waals surface area contributed by atoms with Gasteiger partial charge in [-0.25, -0.2) is 9.59 Å². The van der Waals surface area contributed by atoms with Gasteiger partial charge in [0.1, 0.15) is 11.7 Å². The summed E-state index contributed by atoms with van der Waals surface area (Å²) in [4.78, 5) is 22.9. The molecule has 0 saturated carbocycles. The Hall–Kier alpha value is -1.60. The smallest absolute Gasteiger partial charge is 0.408 e. The van der Waals surface area contributed by atoms with Gasteiger partial charge in [-0.2, -0.15) is 0 Å². The lowest BCUT2D eigenvalue weighted by atomic mass is 10.0. The largest absolute Gasteiger partial charge is 0.480 e. The minimum Gasteiger partial charge on any atom is -0.480 e. The number of aliphatic hydroxyl groups is 1. The first kappa shape index (κ1) is 17.5. The summed E-state index contributed by atoms with van der Waals surface area (Å²) in [5, 5.41) is 21.5. The number of carbonyl (C=O) groups is 2. The first-order chi connectivity index (χ1) is 9.60. The van der Waals surface area contributed by atoms with E-state index in [9.17, 15) is 14.7 Å². The summed E-state index contributed by atoms with van der Waals surface area (Å²) >= 11 is 3.25. The van der Waals surface area contributed by atoms with Crippen LogP contribution in [0, 0.1) is 0 Å². The molecule has 0 aliphatic heterocycles. The zero-order valence-corrected chi connectivity index (χ0v) is 13.5. The number of halogens is 1. The van der Waals surface area contributed by atoms with Gasteiger partial charge in [0.25, 0.3) is 0 Å². The van der Waals surface area contributed by atoms with Crippen LogP contribution >= 0.6 is 15.9 Å². The number of aliphatic carboxylic acids is 1. The molecule has 0 radical (unpaired) electrons. The monoisotopic (exact) mass is 359 g/mol. The summed E-state index contributed by atoms with van der Waals surface area (Å²) in [7, 11) is 0. The van der Waals surface area contributed by atoms with E-state index in [1.807, 2.05) is 0 Å². The fourth-order valence-electron chi connectivity index (χ4n) is 1.56. The molecule has 1 aromatic rings. The molecule has 1 rings (SSSR count). The predicted octanol–water partition coefficient (Wildman–Crippen LogP) is 2.46. The number of ether oxygens (including phenoxy) is 1. The van der Waals surface area contributed by atoms with Crippen LogP contribution < -0.4 is 5.32 Å². The van der Waals surface area contributed by atoms with E-state index in [0.717, 1.165) is 4.47 Å². The second-order valence-corrected chi connectivity index (χ2v) is 6.37. The number of carbonyl (C=O) groups excluding carboxylic acids is 1. The molecule has 2 atom stereocenters. The molecule has 0 aliphatic carbocycles. The van der Waals surface area contributed by atoms with E-state index < -0.39 is 29.8 Å². The van der Waals surface area contributed by atoms with Crippen molar-refractivity contribution in [2.45, 2.75) is 38.5 Å². The summed E-state index contributed by atoms with van der Waals surface area (Å²) in [6, 6.07) is 4.99. The van der Waals surface area contributed by atoms with Crippen LogP contribution in [0.3, 0.4) is 0 Å². The highest BCUT2D eigenvalue weighted by Crippen LogP contribution is 2.20. The molecule has 3 N–H and O–H groups in total. The van der Waals surface area contributed by atoms with Gasteiger partial charge >= 0.3 is 12.1 Å². The van der Waals surface area contributed by atoms with Crippen molar-refractivity contribution < 1.29 is 24.5 Å². The Labute approximate surface area is 131 Å². The molecule has 6 nitrogen and oxygen atoms in total. The van der Waals surface area contributed by atoms with Gasteiger partial charge in [0.2, 0.25) is 0 Å². The van der Waals surface area contributed by atoms with Crippen LogP contribution in [0.25, 0.3) is 0 Å². The van der Waals surface area contributed by atoms with Crippen LogP contribution in [0.5, 0.6) is 0 Å². The lowest BCUT2D eigenvalue weighted by Crippen LogP contribution is -2.46. The van der Waals surface area contributed by atoms with Crippen molar-refractivity contribution in [3.8, 4) is 0 Å². The fourth-order valence-corrected chi connectivity index (χ4v) is 1.83. The van der Waals surface area contributed by atoms with Crippen LogP contribution in [0.4, 0.5) is 4.79 Å². The third-order valence-electron chi connectivity index (χ3n) is 2.47. The zero-order valence-electron chi connectivity index (χ0n) is 12.0. The van der Waals surface area contributed by atoms with Crippen molar-refractivity contribution in [3.63, 3.8) is 0 Å². The summed E-state index contributed by atoms with van der Waals surface area (Å²) in [5.74, 6) is -1.35. The van der Waals surface area contributed by atoms with E-state index >= 15 is 0 Å². The topological polar surface area (TPSA) is 95.9 Å². The number of alkyl carbamates (subject to hydrolysis) is 1. The highest BCUT2D eigenvalue weighted by Gasteiger charge is 2.31. The van der Waals surface area contributed by atoms with Gasteiger partial charge in [0.15, 0.2) is 6.04 Å². The summed E-state index contributed by atoms with van der Waals surface area (Å²) < 4.78 is 5.79. The van der Waals surface area contributed by atoms with Gasteiger partial charge < -0.3 is 20.3 Å². The summed E-state index contributed by atoms with van der Waals surface area (Å²) in [5.41, 5.74) is -0.378. The number of amides is 1. The minimum atomic E-state index is -1.50. The van der Waals surface area contributed by atoms with Gasteiger partial charge in [-0.15, -0.1) is 0 Å². The molecule has 0 unspecified atom stereocenters. The van der Waals surface area contributed by atoms with Crippen molar-refractivity contribution in [3.05, 3.63) is 34.3 Å². The standard InChI is InChI=1S/C14H18BrNO5/c1-14(2,3)21-13(20)16-10(12(18)19)11(17)8-4-6-9(15)7-5-8/h4-7,10-11,17H,1-3H3,(H,16,20)(H,18,19)/t10-,11+/m0/s1. The second kappa shape index (κ2) is 6.91. The molecule has 0 fully saturated rings. The maximum Gasteiger partial charge on any atom is 0.408 e. The Morgan fingerprint density at radius 1 is 1.24 bits per heavy atom. The van der Waals surface area contributed by atoms with Crippen LogP contribution in [0.2, 0.25) is 0 Å². The second-order valence-electron chi connectivity index (χ2n) is 5.46. The van der Waals surface area contributed by atoms with Gasteiger partial charge in [-0.05, 0) is 38.5 Å². The molecular formula is C14H18BrNO5. The Bertz CT molecular complexity index is 509. The third-order valence-corrected chi connectivity index (χ3v) is 2.99. The number of rotatable bonds is 4. The molecule has 0 saturated heterocycles. The Morgan fingerprint density at radius 2 is 1.76 bits per heavy atom. The number of carboxylic acid groups (broad SMARTS) is 1. The summed E-state index contributed by atoms with van der Waals surface area (Å²) in [6.45, 7) is 4.98. The first-order valence-electron chi connectivity index (χ1n) is 6.26. The molecule has 1 amide bonds. The average molecular weight is 360 g/mol. The first-order valence-corrected chi connectivity index (χ1v) is 7.05. The number of carboxylic acids is 1. The van der Waals surface area contributed by atoms with E-state index in [4.69, 9.17) is 9.84 Å².